The van der Waals surface area contributed by atoms with Crippen LogP contribution in [-0.4, -0.2) is 37.5 Å². The van der Waals surface area contributed by atoms with Crippen LogP contribution >= 0.6 is 12.4 Å². The predicted molar refractivity (Wildman–Crippen MR) is 51.5 cm³/mol. The van der Waals surface area contributed by atoms with Crippen molar-refractivity contribution < 1.29 is 4.79 Å². The minimum absolute atomic E-state index is 0. The van der Waals surface area contributed by atoms with Crippen molar-refractivity contribution in [3.05, 3.63) is 0 Å². The molecule has 3 nitrogen and oxygen atoms in total. The van der Waals surface area contributed by atoms with Gasteiger partial charge in [0.15, 0.2) is 0 Å². The summed E-state index contributed by atoms with van der Waals surface area (Å²) in [7, 11) is 1.86. The number of amides is 1. The number of hydrogen-bond acceptors (Lipinski definition) is 2. The highest BCUT2D eigenvalue weighted by molar-refractivity contribution is 5.85. The lowest BCUT2D eigenvalue weighted by atomic mass is 10.1. The van der Waals surface area contributed by atoms with Crippen molar-refractivity contribution in [3.8, 4) is 0 Å². The van der Waals surface area contributed by atoms with Crippen molar-refractivity contribution in [1.82, 2.24) is 10.2 Å². The standard InChI is InChI=1S/C8H16N2O.ClH/c1-7(11)10(2)6-8-3-4-9-5-8;/h8-9H,3-6H2,1-2H3;1H. The lowest BCUT2D eigenvalue weighted by Crippen LogP contribution is -2.30. The van der Waals surface area contributed by atoms with Gasteiger partial charge in [-0.25, -0.2) is 0 Å². The second kappa shape index (κ2) is 5.38. The summed E-state index contributed by atoms with van der Waals surface area (Å²) in [6, 6.07) is 0. The van der Waals surface area contributed by atoms with E-state index in [0.29, 0.717) is 5.92 Å². The van der Waals surface area contributed by atoms with Gasteiger partial charge in [0.05, 0.1) is 0 Å². The smallest absolute Gasteiger partial charge is 0.219 e. The van der Waals surface area contributed by atoms with E-state index in [1.54, 1.807) is 11.8 Å². The molecule has 0 aromatic carbocycles. The highest BCUT2D eigenvalue weighted by atomic mass is 35.5. The van der Waals surface area contributed by atoms with Gasteiger partial charge in [-0.1, -0.05) is 0 Å². The largest absolute Gasteiger partial charge is 0.346 e. The summed E-state index contributed by atoms with van der Waals surface area (Å²) < 4.78 is 0. The summed E-state index contributed by atoms with van der Waals surface area (Å²) in [4.78, 5) is 12.6. The number of hydrogen-bond donors (Lipinski definition) is 1. The fraction of sp³-hybridized carbons (Fsp3) is 0.875. The Morgan fingerprint density at radius 1 is 1.67 bits per heavy atom. The van der Waals surface area contributed by atoms with Crippen molar-refractivity contribution in [2.24, 2.45) is 5.92 Å². The topological polar surface area (TPSA) is 32.3 Å². The molecule has 1 heterocycles. The van der Waals surface area contributed by atoms with Crippen molar-refractivity contribution in [1.29, 1.82) is 0 Å². The molecular formula is C8H17ClN2O. The summed E-state index contributed by atoms with van der Waals surface area (Å²) in [5.41, 5.74) is 0. The SMILES string of the molecule is CC(=O)N(C)CC1CCNC1.Cl. The van der Waals surface area contributed by atoms with Crippen LogP contribution in [-0.2, 0) is 4.79 Å². The lowest BCUT2D eigenvalue weighted by molar-refractivity contribution is -0.128. The second-order valence-electron chi connectivity index (χ2n) is 3.26. The molecule has 1 amide bonds. The lowest BCUT2D eigenvalue weighted by Gasteiger charge is -2.18. The van der Waals surface area contributed by atoms with Crippen LogP contribution in [0.15, 0.2) is 0 Å². The van der Waals surface area contributed by atoms with Crippen LogP contribution in [0, 0.1) is 5.92 Å². The molecule has 0 aromatic rings. The quantitative estimate of drug-likeness (QED) is 0.691. The van der Waals surface area contributed by atoms with Crippen LogP contribution in [0.5, 0.6) is 0 Å². The van der Waals surface area contributed by atoms with E-state index in [4.69, 9.17) is 0 Å². The monoisotopic (exact) mass is 192 g/mol. The molecule has 1 aliphatic rings. The zero-order valence-corrected chi connectivity index (χ0v) is 8.49. The third-order valence-electron chi connectivity index (χ3n) is 2.23. The molecule has 1 saturated heterocycles. The highest BCUT2D eigenvalue weighted by Gasteiger charge is 2.16. The Hall–Kier alpha value is -0.280. The fourth-order valence-corrected chi connectivity index (χ4v) is 1.39. The Kier molecular flexibility index (Phi) is 5.25. The molecule has 0 saturated carbocycles. The minimum atomic E-state index is 0. The van der Waals surface area contributed by atoms with Gasteiger partial charge < -0.3 is 10.2 Å². The molecule has 0 bridgehead atoms. The molecule has 1 fully saturated rings. The molecule has 72 valence electrons. The average Bonchev–Trinajstić information content (AvgIpc) is 2.39. The Morgan fingerprint density at radius 3 is 2.75 bits per heavy atom. The van der Waals surface area contributed by atoms with E-state index in [1.165, 1.54) is 6.42 Å². The van der Waals surface area contributed by atoms with Crippen LogP contribution in [0.25, 0.3) is 0 Å². The molecule has 1 rings (SSSR count). The van der Waals surface area contributed by atoms with Gasteiger partial charge in [-0.05, 0) is 25.4 Å². The molecule has 12 heavy (non-hydrogen) atoms. The van der Waals surface area contributed by atoms with E-state index in [0.717, 1.165) is 19.6 Å². The van der Waals surface area contributed by atoms with E-state index in [9.17, 15) is 4.79 Å². The van der Waals surface area contributed by atoms with Crippen LogP contribution in [0.4, 0.5) is 0 Å². The van der Waals surface area contributed by atoms with E-state index >= 15 is 0 Å². The number of nitrogens with zero attached hydrogens (tertiary/aromatic N) is 1. The van der Waals surface area contributed by atoms with Gasteiger partial charge in [0, 0.05) is 20.5 Å². The Labute approximate surface area is 79.9 Å². The molecule has 0 aliphatic carbocycles. The number of carbonyl (C=O) groups is 1. The van der Waals surface area contributed by atoms with Crippen LogP contribution in [0.2, 0.25) is 0 Å². The molecule has 0 spiro atoms. The van der Waals surface area contributed by atoms with Gasteiger partial charge in [0.2, 0.25) is 5.91 Å². The fourth-order valence-electron chi connectivity index (χ4n) is 1.39. The number of rotatable bonds is 2. The van der Waals surface area contributed by atoms with Crippen molar-refractivity contribution in [2.75, 3.05) is 26.7 Å². The first-order valence-corrected chi connectivity index (χ1v) is 4.12. The highest BCUT2D eigenvalue weighted by Crippen LogP contribution is 2.08. The van der Waals surface area contributed by atoms with Gasteiger partial charge in [0.1, 0.15) is 0 Å². The van der Waals surface area contributed by atoms with Crippen molar-refractivity contribution >= 4 is 18.3 Å². The van der Waals surface area contributed by atoms with Crippen LogP contribution in [0.3, 0.4) is 0 Å². The number of nitrogens with one attached hydrogen (secondary N) is 1. The van der Waals surface area contributed by atoms with E-state index < -0.39 is 0 Å². The van der Waals surface area contributed by atoms with E-state index in [2.05, 4.69) is 5.32 Å². The normalized spacial score (nSPS) is 21.7. The zero-order chi connectivity index (χ0) is 8.27. The van der Waals surface area contributed by atoms with Gasteiger partial charge in [-0.2, -0.15) is 0 Å². The molecule has 1 aliphatic heterocycles. The van der Waals surface area contributed by atoms with Crippen LogP contribution in [0.1, 0.15) is 13.3 Å². The maximum atomic E-state index is 10.8. The molecule has 4 heteroatoms. The Morgan fingerprint density at radius 2 is 2.33 bits per heavy atom. The van der Waals surface area contributed by atoms with Crippen molar-refractivity contribution in [3.63, 3.8) is 0 Å². The summed E-state index contributed by atoms with van der Waals surface area (Å²) in [5.74, 6) is 0.834. The summed E-state index contributed by atoms with van der Waals surface area (Å²) in [6.45, 7) is 4.69. The van der Waals surface area contributed by atoms with E-state index in [-0.39, 0.29) is 18.3 Å². The van der Waals surface area contributed by atoms with Crippen molar-refractivity contribution in [2.45, 2.75) is 13.3 Å². The molecular weight excluding hydrogens is 176 g/mol. The Balaban J connectivity index is 0.00000121. The molecule has 0 aromatic heterocycles. The predicted octanol–water partition coefficient (Wildman–Crippen LogP) is 0.496. The summed E-state index contributed by atoms with van der Waals surface area (Å²) in [6.07, 6.45) is 1.21. The molecule has 0 radical (unpaired) electrons. The number of carbonyl (C=O) groups excluding carboxylic acids is 1. The average molecular weight is 193 g/mol. The molecule has 1 unspecified atom stereocenters. The second-order valence-corrected chi connectivity index (χ2v) is 3.26. The first-order chi connectivity index (χ1) is 5.20. The maximum absolute atomic E-state index is 10.8. The third kappa shape index (κ3) is 3.41. The third-order valence-corrected chi connectivity index (χ3v) is 2.23. The number of halogens is 1. The van der Waals surface area contributed by atoms with Crippen LogP contribution < -0.4 is 5.32 Å². The van der Waals surface area contributed by atoms with Gasteiger partial charge in [0.25, 0.3) is 0 Å². The summed E-state index contributed by atoms with van der Waals surface area (Å²) >= 11 is 0. The minimum Gasteiger partial charge on any atom is -0.346 e. The summed E-state index contributed by atoms with van der Waals surface area (Å²) in [5, 5.41) is 3.28. The molecule has 1 atom stereocenters. The Bertz CT molecular complexity index is 146. The first kappa shape index (κ1) is 11.7. The molecule has 1 N–H and O–H groups in total. The van der Waals surface area contributed by atoms with E-state index in [1.807, 2.05) is 7.05 Å². The maximum Gasteiger partial charge on any atom is 0.219 e. The van der Waals surface area contributed by atoms with Gasteiger partial charge in [-0.15, -0.1) is 12.4 Å². The first-order valence-electron chi connectivity index (χ1n) is 4.12. The van der Waals surface area contributed by atoms with Gasteiger partial charge >= 0.3 is 0 Å². The van der Waals surface area contributed by atoms with Gasteiger partial charge in [-0.3, -0.25) is 4.79 Å². The zero-order valence-electron chi connectivity index (χ0n) is 7.67.